The highest BCUT2D eigenvalue weighted by atomic mass is 19.1. The van der Waals surface area contributed by atoms with Crippen molar-refractivity contribution in [2.45, 2.75) is 44.1 Å². The minimum Gasteiger partial charge on any atom is -0.481 e. The molecule has 0 aliphatic carbocycles. The summed E-state index contributed by atoms with van der Waals surface area (Å²) in [7, 11) is 2.36. The number of aliphatic carboxylic acids is 1. The number of carbonyl (C=O) groups excluding carboxylic acids is 1. The largest absolute Gasteiger partial charge is 0.481 e. The van der Waals surface area contributed by atoms with E-state index in [1.807, 2.05) is 30.3 Å². The molecule has 2 heterocycles. The molecule has 3 rings (SSSR count). The van der Waals surface area contributed by atoms with Gasteiger partial charge in [-0.15, -0.1) is 0 Å². The zero-order valence-corrected chi connectivity index (χ0v) is 19.0. The Labute approximate surface area is 190 Å². The van der Waals surface area contributed by atoms with Crippen LogP contribution in [0.5, 0.6) is 0 Å². The number of carboxylic acids is 1. The zero-order valence-electron chi connectivity index (χ0n) is 19.0. The molecule has 1 amide bonds. The number of alkyl halides is 1. The Morgan fingerprint density at radius 1 is 1.27 bits per heavy atom. The molecule has 178 valence electrons. The van der Waals surface area contributed by atoms with Crippen LogP contribution in [0, 0.1) is 5.92 Å². The summed E-state index contributed by atoms with van der Waals surface area (Å²) in [6, 6.07) is 8.21. The first-order valence-electron chi connectivity index (χ1n) is 10.5. The molecule has 0 saturated carbocycles. The summed E-state index contributed by atoms with van der Waals surface area (Å²) in [4.78, 5) is 35.1. The molecular formula is C23H28FN3O6. The van der Waals surface area contributed by atoms with E-state index in [0.717, 1.165) is 10.8 Å². The number of rotatable bonds is 10. The number of methoxy groups -OCH3 is 2. The molecule has 10 heteroatoms. The summed E-state index contributed by atoms with van der Waals surface area (Å²) in [6.45, 7) is 2.40. The van der Waals surface area contributed by atoms with E-state index in [4.69, 9.17) is 14.3 Å². The second-order valence-electron chi connectivity index (χ2n) is 8.21. The van der Waals surface area contributed by atoms with Crippen molar-refractivity contribution in [2.75, 3.05) is 20.9 Å². The third kappa shape index (κ3) is 4.53. The van der Waals surface area contributed by atoms with Gasteiger partial charge in [-0.25, -0.2) is 4.39 Å². The van der Waals surface area contributed by atoms with Crippen molar-refractivity contribution >= 4 is 28.4 Å². The number of carboxylic acid groups (broad SMARTS) is 1. The summed E-state index contributed by atoms with van der Waals surface area (Å²) in [5.74, 6) is -4.22. The van der Waals surface area contributed by atoms with Gasteiger partial charge in [0.05, 0.1) is 18.2 Å². The van der Waals surface area contributed by atoms with Crippen LogP contribution in [0.3, 0.4) is 0 Å². The lowest BCUT2D eigenvalue weighted by Crippen LogP contribution is -2.62. The Bertz CT molecular complexity index is 1040. The molecular weight excluding hydrogens is 433 g/mol. The summed E-state index contributed by atoms with van der Waals surface area (Å²) in [5.41, 5.74) is -0.369. The molecule has 2 atom stereocenters. The van der Waals surface area contributed by atoms with Gasteiger partial charge in [0.15, 0.2) is 0 Å². The number of halogens is 1. The summed E-state index contributed by atoms with van der Waals surface area (Å²) in [5, 5.41) is 17.9. The minimum atomic E-state index is -1.97. The van der Waals surface area contributed by atoms with E-state index in [-0.39, 0.29) is 12.3 Å². The van der Waals surface area contributed by atoms with Crippen molar-refractivity contribution in [1.29, 1.82) is 0 Å². The molecule has 1 aromatic heterocycles. The smallest absolute Gasteiger partial charge is 0.305 e. The van der Waals surface area contributed by atoms with Crippen LogP contribution in [0.2, 0.25) is 0 Å². The van der Waals surface area contributed by atoms with Gasteiger partial charge in [-0.05, 0) is 11.5 Å². The molecule has 0 bridgehead atoms. The van der Waals surface area contributed by atoms with Gasteiger partial charge in [-0.2, -0.15) is 0 Å². The van der Waals surface area contributed by atoms with E-state index in [2.05, 4.69) is 15.5 Å². The van der Waals surface area contributed by atoms with E-state index >= 15 is 0 Å². The Morgan fingerprint density at radius 3 is 2.58 bits per heavy atom. The molecule has 2 unspecified atom stereocenters. The lowest BCUT2D eigenvalue weighted by atomic mass is 9.83. The highest BCUT2D eigenvalue weighted by Gasteiger charge is 2.52. The minimum absolute atomic E-state index is 0.0971. The highest BCUT2D eigenvalue weighted by molar-refractivity contribution is 6.11. The van der Waals surface area contributed by atoms with Gasteiger partial charge in [0.25, 0.3) is 5.91 Å². The van der Waals surface area contributed by atoms with Crippen LogP contribution >= 0.6 is 0 Å². The number of benzene rings is 1. The second-order valence-corrected chi connectivity index (χ2v) is 8.21. The lowest BCUT2D eigenvalue weighted by Gasteiger charge is -2.38. The van der Waals surface area contributed by atoms with Crippen LogP contribution in [0.1, 0.15) is 32.4 Å². The number of carbonyl (C=O) groups is 2. The highest BCUT2D eigenvalue weighted by Crippen LogP contribution is 2.35. The van der Waals surface area contributed by atoms with E-state index < -0.39 is 42.4 Å². The predicted molar refractivity (Wildman–Crippen MR) is 118 cm³/mol. The molecule has 1 aliphatic rings. The average Bonchev–Trinajstić information content (AvgIpc) is 3.27. The number of nitrogens with one attached hydrogen (secondary N) is 1. The number of hydrogen-bond acceptors (Lipinski definition) is 7. The monoisotopic (exact) mass is 461 g/mol. The van der Waals surface area contributed by atoms with Crippen molar-refractivity contribution < 1.29 is 33.4 Å². The van der Waals surface area contributed by atoms with Crippen molar-refractivity contribution in [2.24, 2.45) is 11.1 Å². The van der Waals surface area contributed by atoms with Crippen LogP contribution < -0.4 is 5.32 Å². The number of aromatic nitrogens is 1. The topological polar surface area (TPSA) is 119 Å². The number of nitrogens with zero attached hydrogens (tertiary/aromatic N) is 2. The first kappa shape index (κ1) is 24.5. The molecule has 0 spiro atoms. The van der Waals surface area contributed by atoms with Crippen LogP contribution in [-0.2, 0) is 23.9 Å². The fourth-order valence-corrected chi connectivity index (χ4v) is 3.96. The van der Waals surface area contributed by atoms with E-state index in [1.165, 1.54) is 14.2 Å². The normalized spacial score (nSPS) is 19.3. The Morgan fingerprint density at radius 2 is 1.97 bits per heavy atom. The number of pyridine rings is 1. The zero-order chi connectivity index (χ0) is 24.2. The van der Waals surface area contributed by atoms with Gasteiger partial charge in [-0.3, -0.25) is 14.6 Å². The van der Waals surface area contributed by atoms with Gasteiger partial charge in [0.2, 0.25) is 11.4 Å². The van der Waals surface area contributed by atoms with Crippen molar-refractivity contribution in [1.82, 2.24) is 10.3 Å². The molecule has 0 saturated heterocycles. The third-order valence-corrected chi connectivity index (χ3v) is 6.11. The number of ether oxygens (including phenoxy) is 2. The number of amides is 1. The summed E-state index contributed by atoms with van der Waals surface area (Å²) >= 11 is 0. The van der Waals surface area contributed by atoms with Gasteiger partial charge in [-0.1, -0.05) is 43.3 Å². The molecule has 2 N–H and O–H groups in total. The Hall–Kier alpha value is -3.11. The van der Waals surface area contributed by atoms with Crippen molar-refractivity contribution in [3.05, 3.63) is 42.2 Å². The standard InChI is InChI=1S/C23H28FN3O6/c1-14(2)22(21(30)26-18(11-19(28)29)23(13-24,31-3)32-4)12-17(27-33-22)20-16-8-6-5-7-15(16)9-10-25-20/h5-10,14,18H,11-13H2,1-4H3,(H,26,30)(H,28,29). The Kier molecular flexibility index (Phi) is 7.28. The average molecular weight is 461 g/mol. The van der Waals surface area contributed by atoms with Crippen LogP contribution in [0.4, 0.5) is 4.39 Å². The predicted octanol–water partition coefficient (Wildman–Crippen LogP) is 2.67. The van der Waals surface area contributed by atoms with Crippen LogP contribution in [-0.4, -0.2) is 66.0 Å². The quantitative estimate of drug-likeness (QED) is 0.522. The van der Waals surface area contributed by atoms with E-state index in [1.54, 1.807) is 20.0 Å². The van der Waals surface area contributed by atoms with Gasteiger partial charge < -0.3 is 24.7 Å². The first-order chi connectivity index (χ1) is 15.7. The molecule has 2 aromatic rings. The fraction of sp³-hybridized carbons (Fsp3) is 0.478. The number of fused-ring (bicyclic) bond motifs is 1. The molecule has 0 fully saturated rings. The van der Waals surface area contributed by atoms with Crippen LogP contribution in [0.15, 0.2) is 41.7 Å². The Balaban J connectivity index is 1.92. The summed E-state index contributed by atoms with van der Waals surface area (Å²) in [6.07, 6.45) is 1.13. The van der Waals surface area contributed by atoms with Crippen molar-refractivity contribution in [3.63, 3.8) is 0 Å². The summed E-state index contributed by atoms with van der Waals surface area (Å²) < 4.78 is 24.2. The molecule has 9 nitrogen and oxygen atoms in total. The third-order valence-electron chi connectivity index (χ3n) is 6.11. The fourth-order valence-electron chi connectivity index (χ4n) is 3.96. The van der Waals surface area contributed by atoms with Gasteiger partial charge in [0, 0.05) is 38.1 Å². The first-order valence-corrected chi connectivity index (χ1v) is 10.5. The SMILES string of the molecule is COC(CF)(OC)C(CC(=O)O)NC(=O)C1(C(C)C)CC(c2nccc3ccccc23)=NO1. The maximum Gasteiger partial charge on any atom is 0.305 e. The van der Waals surface area contributed by atoms with Crippen LogP contribution in [0.25, 0.3) is 10.8 Å². The van der Waals surface area contributed by atoms with Crippen molar-refractivity contribution in [3.8, 4) is 0 Å². The lowest BCUT2D eigenvalue weighted by molar-refractivity contribution is -0.236. The van der Waals surface area contributed by atoms with Gasteiger partial charge >= 0.3 is 5.97 Å². The molecule has 1 aliphatic heterocycles. The van der Waals surface area contributed by atoms with E-state index in [9.17, 15) is 19.1 Å². The van der Waals surface area contributed by atoms with E-state index in [0.29, 0.717) is 11.4 Å². The molecule has 0 radical (unpaired) electrons. The maximum absolute atomic E-state index is 13.9. The molecule has 1 aromatic carbocycles. The number of hydrogen-bond donors (Lipinski definition) is 2. The maximum atomic E-state index is 13.9. The molecule has 33 heavy (non-hydrogen) atoms. The van der Waals surface area contributed by atoms with Gasteiger partial charge in [0.1, 0.15) is 12.4 Å². The number of oxime groups is 1. The second kappa shape index (κ2) is 9.80.